The van der Waals surface area contributed by atoms with E-state index in [0.717, 1.165) is 5.69 Å². The van der Waals surface area contributed by atoms with Gasteiger partial charge in [-0.2, -0.15) is 15.0 Å². The highest BCUT2D eigenvalue weighted by Crippen LogP contribution is 2.29. The van der Waals surface area contributed by atoms with Gasteiger partial charge >= 0.3 is 0 Å². The molecule has 8 nitrogen and oxygen atoms in total. The molecule has 0 aliphatic carbocycles. The van der Waals surface area contributed by atoms with E-state index < -0.39 is 11.3 Å². The zero-order valence-corrected chi connectivity index (χ0v) is 13.9. The lowest BCUT2D eigenvalue weighted by atomic mass is 9.79. The van der Waals surface area contributed by atoms with Gasteiger partial charge in [0.1, 0.15) is 0 Å². The summed E-state index contributed by atoms with van der Waals surface area (Å²) in [6, 6.07) is 9.45. The minimum atomic E-state index is -0.727. The molecular weight excluding hydrogens is 322 g/mol. The second kappa shape index (κ2) is 7.43. The lowest BCUT2D eigenvalue weighted by Crippen LogP contribution is -2.49. The molecule has 0 unspecified atom stereocenters. The van der Waals surface area contributed by atoms with Crippen LogP contribution in [0.1, 0.15) is 18.5 Å². The number of primary amides is 1. The number of amides is 2. The van der Waals surface area contributed by atoms with Crippen LogP contribution >= 0.6 is 0 Å². The molecule has 0 spiro atoms. The predicted molar refractivity (Wildman–Crippen MR) is 89.8 cm³/mol. The second-order valence-corrected chi connectivity index (χ2v) is 6.17. The molecule has 3 rings (SSSR count). The fourth-order valence-electron chi connectivity index (χ4n) is 2.83. The summed E-state index contributed by atoms with van der Waals surface area (Å²) in [5.74, 6) is -0.613. The summed E-state index contributed by atoms with van der Waals surface area (Å²) in [6.45, 7) is 1.17. The van der Waals surface area contributed by atoms with Crippen LogP contribution in [0.4, 0.5) is 0 Å². The zero-order chi connectivity index (χ0) is 17.7. The van der Waals surface area contributed by atoms with Gasteiger partial charge in [0.25, 0.3) is 0 Å². The van der Waals surface area contributed by atoms with Crippen molar-refractivity contribution in [3.8, 4) is 5.69 Å². The van der Waals surface area contributed by atoms with Gasteiger partial charge in [0.2, 0.25) is 11.8 Å². The average molecular weight is 343 g/mol. The number of hydrogen-bond donors (Lipinski definition) is 2. The topological polar surface area (TPSA) is 112 Å². The van der Waals surface area contributed by atoms with E-state index in [1.54, 1.807) is 6.20 Å². The second-order valence-electron chi connectivity index (χ2n) is 6.17. The number of rotatable bonds is 6. The van der Waals surface area contributed by atoms with Crippen LogP contribution in [0.25, 0.3) is 5.69 Å². The van der Waals surface area contributed by atoms with Crippen LogP contribution < -0.4 is 11.1 Å². The van der Waals surface area contributed by atoms with E-state index >= 15 is 0 Å². The molecule has 2 aromatic rings. The lowest BCUT2D eigenvalue weighted by Gasteiger charge is -2.34. The van der Waals surface area contributed by atoms with E-state index in [0.29, 0.717) is 31.7 Å². The maximum absolute atomic E-state index is 12.2. The van der Waals surface area contributed by atoms with Crippen molar-refractivity contribution in [2.24, 2.45) is 11.1 Å². The quantitative estimate of drug-likeness (QED) is 0.778. The summed E-state index contributed by atoms with van der Waals surface area (Å²) in [4.78, 5) is 25.5. The molecule has 1 fully saturated rings. The van der Waals surface area contributed by atoms with Crippen LogP contribution in [0.15, 0.2) is 36.5 Å². The van der Waals surface area contributed by atoms with E-state index in [9.17, 15) is 9.59 Å². The van der Waals surface area contributed by atoms with Gasteiger partial charge in [-0.15, -0.1) is 0 Å². The average Bonchev–Trinajstić information content (AvgIpc) is 3.10. The molecule has 2 amide bonds. The van der Waals surface area contributed by atoms with Crippen molar-refractivity contribution in [2.45, 2.75) is 19.3 Å². The Hall–Kier alpha value is -2.74. The van der Waals surface area contributed by atoms with Crippen molar-refractivity contribution in [1.29, 1.82) is 0 Å². The van der Waals surface area contributed by atoms with Crippen molar-refractivity contribution >= 4 is 11.8 Å². The number of aromatic nitrogens is 3. The molecule has 8 heteroatoms. The number of nitrogens with one attached hydrogen (secondary N) is 1. The van der Waals surface area contributed by atoms with Gasteiger partial charge in [0.15, 0.2) is 0 Å². The van der Waals surface area contributed by atoms with E-state index in [1.807, 2.05) is 30.3 Å². The predicted octanol–water partition coefficient (Wildman–Crippen LogP) is 0.208. The van der Waals surface area contributed by atoms with Crippen LogP contribution in [0.5, 0.6) is 0 Å². The fraction of sp³-hybridized carbons (Fsp3) is 0.412. The number of hydrogen-bond acceptors (Lipinski definition) is 5. The Balaban J connectivity index is 1.58. The van der Waals surface area contributed by atoms with Crippen molar-refractivity contribution in [1.82, 2.24) is 20.3 Å². The third-order valence-corrected chi connectivity index (χ3v) is 4.46. The van der Waals surface area contributed by atoms with Crippen molar-refractivity contribution in [3.05, 3.63) is 42.2 Å². The third-order valence-electron chi connectivity index (χ3n) is 4.46. The van der Waals surface area contributed by atoms with Crippen molar-refractivity contribution < 1.29 is 14.3 Å². The summed E-state index contributed by atoms with van der Waals surface area (Å²) in [7, 11) is 0. The highest BCUT2D eigenvalue weighted by Gasteiger charge is 2.38. The number of para-hydroxylation sites is 1. The molecular formula is C17H21N5O3. The lowest BCUT2D eigenvalue weighted by molar-refractivity contribution is -0.133. The van der Waals surface area contributed by atoms with Crippen LogP contribution in [-0.2, 0) is 20.7 Å². The molecule has 3 N–H and O–H groups in total. The van der Waals surface area contributed by atoms with E-state index in [2.05, 4.69) is 15.5 Å². The van der Waals surface area contributed by atoms with Gasteiger partial charge in [-0.1, -0.05) is 18.2 Å². The molecule has 1 aromatic heterocycles. The standard InChI is InChI=1S/C17H21N5O3/c18-16(24)17(6-8-25-9-7-17)12-19-15(23)10-13-11-20-22(21-13)14-4-2-1-3-5-14/h1-5,11H,6-10,12H2,(H2,18,24)(H,19,23). The molecule has 1 saturated heterocycles. The van der Waals surface area contributed by atoms with Crippen molar-refractivity contribution in [3.63, 3.8) is 0 Å². The maximum Gasteiger partial charge on any atom is 0.226 e. The number of nitrogens with zero attached hydrogens (tertiary/aromatic N) is 3. The Morgan fingerprint density at radius 3 is 2.64 bits per heavy atom. The van der Waals surface area contributed by atoms with E-state index in [1.165, 1.54) is 4.80 Å². The largest absolute Gasteiger partial charge is 0.381 e. The number of ether oxygens (including phenoxy) is 1. The Labute approximate surface area is 145 Å². The normalized spacial score (nSPS) is 16.3. The maximum atomic E-state index is 12.2. The molecule has 0 radical (unpaired) electrons. The SMILES string of the molecule is NC(=O)C1(CNC(=O)Cc2cnn(-c3ccccc3)n2)CCOCC1. The molecule has 1 aromatic carbocycles. The summed E-state index contributed by atoms with van der Waals surface area (Å²) < 4.78 is 5.28. The monoisotopic (exact) mass is 343 g/mol. The minimum absolute atomic E-state index is 0.0954. The smallest absolute Gasteiger partial charge is 0.226 e. The Morgan fingerprint density at radius 2 is 1.96 bits per heavy atom. The molecule has 0 saturated carbocycles. The molecule has 0 atom stereocenters. The molecule has 132 valence electrons. The first-order valence-electron chi connectivity index (χ1n) is 8.20. The number of benzene rings is 1. The summed E-state index contributed by atoms with van der Waals surface area (Å²) in [5, 5.41) is 11.3. The molecule has 0 bridgehead atoms. The van der Waals surface area contributed by atoms with E-state index in [4.69, 9.17) is 10.5 Å². The summed E-state index contributed by atoms with van der Waals surface area (Å²) in [6.07, 6.45) is 2.70. The minimum Gasteiger partial charge on any atom is -0.381 e. The van der Waals surface area contributed by atoms with Crippen molar-refractivity contribution in [2.75, 3.05) is 19.8 Å². The van der Waals surface area contributed by atoms with Gasteiger partial charge in [0.05, 0.1) is 29.4 Å². The number of carbonyl (C=O) groups is 2. The Bertz CT molecular complexity index is 738. The first-order valence-corrected chi connectivity index (χ1v) is 8.20. The van der Waals surface area contributed by atoms with Gasteiger partial charge < -0.3 is 15.8 Å². The molecule has 2 heterocycles. The Morgan fingerprint density at radius 1 is 1.24 bits per heavy atom. The first kappa shape index (κ1) is 17.1. The van der Waals surface area contributed by atoms with Gasteiger partial charge in [-0.05, 0) is 25.0 Å². The van der Waals surface area contributed by atoms with Gasteiger partial charge in [-0.25, -0.2) is 0 Å². The van der Waals surface area contributed by atoms with Gasteiger partial charge in [0, 0.05) is 19.8 Å². The summed E-state index contributed by atoms with van der Waals surface area (Å²) in [5.41, 5.74) is 6.19. The highest BCUT2D eigenvalue weighted by molar-refractivity contribution is 5.83. The third kappa shape index (κ3) is 4.03. The van der Waals surface area contributed by atoms with Crippen LogP contribution in [-0.4, -0.2) is 46.6 Å². The van der Waals surface area contributed by atoms with Gasteiger partial charge in [-0.3, -0.25) is 9.59 Å². The fourth-order valence-corrected chi connectivity index (χ4v) is 2.83. The first-order chi connectivity index (χ1) is 12.1. The van der Waals surface area contributed by atoms with Crippen LogP contribution in [0, 0.1) is 5.41 Å². The number of carbonyl (C=O) groups excluding carboxylic acids is 2. The van der Waals surface area contributed by atoms with Crippen LogP contribution in [0.2, 0.25) is 0 Å². The zero-order valence-electron chi connectivity index (χ0n) is 13.9. The number of nitrogens with two attached hydrogens (primary N) is 1. The Kier molecular flexibility index (Phi) is 5.08. The molecule has 1 aliphatic heterocycles. The van der Waals surface area contributed by atoms with E-state index in [-0.39, 0.29) is 18.9 Å². The van der Waals surface area contributed by atoms with Crippen LogP contribution in [0.3, 0.4) is 0 Å². The highest BCUT2D eigenvalue weighted by atomic mass is 16.5. The summed E-state index contributed by atoms with van der Waals surface area (Å²) >= 11 is 0. The molecule has 25 heavy (non-hydrogen) atoms. The molecule has 1 aliphatic rings.